The van der Waals surface area contributed by atoms with Crippen molar-refractivity contribution < 1.29 is 9.59 Å². The Morgan fingerprint density at radius 2 is 1.28 bits per heavy atom. The summed E-state index contributed by atoms with van der Waals surface area (Å²) >= 11 is 9.93. The van der Waals surface area contributed by atoms with E-state index in [2.05, 4.69) is 111 Å². The lowest BCUT2D eigenvalue weighted by atomic mass is 9.87. The summed E-state index contributed by atoms with van der Waals surface area (Å²) in [6, 6.07) is 25.8. The SMILES string of the molecule is O=C1CC[C@H](c2ccc(N3CCC(CN4CCC(CN5CCC(c6ccc(-c7nc8ncc(Br)c(N9CCN(Cc%10ccc(Cl)cc%10)CC9)c8[nH]7)cc6)CC5)CC4)CC3)cc2)C(=O)N1. The Balaban J connectivity index is 0.649. The molecule has 0 saturated carbocycles. The highest BCUT2D eigenvalue weighted by Crippen LogP contribution is 2.36. The molecule has 0 bridgehead atoms. The predicted molar refractivity (Wildman–Crippen MR) is 260 cm³/mol. The van der Waals surface area contributed by atoms with Gasteiger partial charge in [-0.1, -0.05) is 60.1 Å². The third-order valence-electron chi connectivity index (χ3n) is 15.0. The first-order chi connectivity index (χ1) is 31.3. The number of piperidine rings is 4. The molecule has 10 rings (SSSR count). The highest BCUT2D eigenvalue weighted by atomic mass is 79.9. The molecule has 0 spiro atoms. The van der Waals surface area contributed by atoms with Crippen molar-refractivity contribution in [2.24, 2.45) is 11.8 Å². The molecule has 64 heavy (non-hydrogen) atoms. The molecule has 1 atom stereocenters. The molecule has 13 heteroatoms. The Kier molecular flexibility index (Phi) is 13.4. The molecule has 5 aromatic rings. The summed E-state index contributed by atoms with van der Waals surface area (Å²) in [5.74, 6) is 2.50. The number of nitrogens with zero attached hydrogens (tertiary/aromatic N) is 7. The molecule has 0 unspecified atom stereocenters. The van der Waals surface area contributed by atoms with E-state index in [9.17, 15) is 9.59 Å². The van der Waals surface area contributed by atoms with E-state index in [0.717, 1.165) is 101 Å². The number of aromatic amines is 1. The molecule has 5 aliphatic heterocycles. The largest absolute Gasteiger partial charge is 0.372 e. The number of imide groups is 1. The number of piperazine rings is 1. The standard InChI is InChI=1S/C51H61BrClN9O2/c52-45-31-54-50-47(48(45)62-29-27-60(28-30-62)32-35-1-9-42(53)10-2-35)56-49(57-50)41-5-3-38(4-6-41)39-19-23-59(24-20-39)33-36-15-21-58(22-16-36)34-37-17-25-61(26-18-37)43-11-7-40(8-12-43)44-13-14-46(63)55-51(44)64/h1-12,31,36-37,39,44H,13-30,32-34H2,(H,54,56,57)(H,55,63,64)/t44-/m1/s1. The van der Waals surface area contributed by atoms with Crippen molar-refractivity contribution in [1.29, 1.82) is 0 Å². The number of nitrogens with one attached hydrogen (secondary N) is 2. The van der Waals surface area contributed by atoms with Crippen molar-refractivity contribution in [3.63, 3.8) is 0 Å². The lowest BCUT2D eigenvalue weighted by Gasteiger charge is -2.40. The Hall–Kier alpha value is -4.33. The Morgan fingerprint density at radius 3 is 1.94 bits per heavy atom. The minimum atomic E-state index is -0.219. The summed E-state index contributed by atoms with van der Waals surface area (Å²) in [5, 5.41) is 3.27. The number of rotatable bonds is 11. The molecular formula is C51H61BrClN9O2. The molecule has 0 aliphatic carbocycles. The molecule has 2 aromatic heterocycles. The molecule has 3 aromatic carbocycles. The number of imidazole rings is 1. The van der Waals surface area contributed by atoms with Gasteiger partial charge in [-0.05, 0) is 146 Å². The van der Waals surface area contributed by atoms with Crippen LogP contribution in [0.1, 0.15) is 79.9 Å². The van der Waals surface area contributed by atoms with Crippen LogP contribution in [0.15, 0.2) is 83.5 Å². The van der Waals surface area contributed by atoms with Gasteiger partial charge in [0.05, 0.1) is 16.1 Å². The van der Waals surface area contributed by atoms with Crippen LogP contribution < -0.4 is 15.1 Å². The zero-order chi connectivity index (χ0) is 43.6. The van der Waals surface area contributed by atoms with Gasteiger partial charge >= 0.3 is 0 Å². The maximum atomic E-state index is 12.3. The molecule has 0 radical (unpaired) electrons. The first kappa shape index (κ1) is 43.6. The number of hydrogen-bond acceptors (Lipinski definition) is 9. The summed E-state index contributed by atoms with van der Waals surface area (Å²) in [4.78, 5) is 50.2. The number of carbonyl (C=O) groups excluding carboxylic acids is 2. The number of likely N-dealkylation sites (tertiary alicyclic amines) is 2. The van der Waals surface area contributed by atoms with Crippen molar-refractivity contribution in [2.45, 2.75) is 69.7 Å². The molecule has 2 N–H and O–H groups in total. The van der Waals surface area contributed by atoms with Crippen molar-refractivity contribution >= 4 is 61.9 Å². The van der Waals surface area contributed by atoms with Crippen LogP contribution in [0.4, 0.5) is 11.4 Å². The monoisotopic (exact) mass is 945 g/mol. The zero-order valence-electron chi connectivity index (χ0n) is 36.9. The molecule has 7 heterocycles. The summed E-state index contributed by atoms with van der Waals surface area (Å²) in [5.41, 5.74) is 8.97. The van der Waals surface area contributed by atoms with Gasteiger partial charge in [-0.15, -0.1) is 0 Å². The second-order valence-electron chi connectivity index (χ2n) is 19.1. The molecule has 5 aliphatic rings. The number of anilines is 2. The summed E-state index contributed by atoms with van der Waals surface area (Å²) in [6.07, 6.45) is 10.4. The first-order valence-corrected chi connectivity index (χ1v) is 24.9. The number of H-pyrrole nitrogens is 1. The van der Waals surface area contributed by atoms with E-state index in [1.807, 2.05) is 18.3 Å². The average Bonchev–Trinajstić information content (AvgIpc) is 3.76. The molecule has 11 nitrogen and oxygen atoms in total. The number of pyridine rings is 1. The maximum absolute atomic E-state index is 12.3. The van der Waals surface area contributed by atoms with E-state index in [1.165, 1.54) is 94.6 Å². The van der Waals surface area contributed by atoms with Gasteiger partial charge in [0.25, 0.3) is 0 Å². The predicted octanol–water partition coefficient (Wildman–Crippen LogP) is 8.69. The summed E-state index contributed by atoms with van der Waals surface area (Å²) in [6.45, 7) is 14.3. The Labute approximate surface area is 391 Å². The molecule has 2 amide bonds. The van der Waals surface area contributed by atoms with Crippen LogP contribution in [-0.2, 0) is 16.1 Å². The topological polar surface area (TPSA) is 104 Å². The number of fused-ring (bicyclic) bond motifs is 1. The third kappa shape index (κ3) is 10.1. The summed E-state index contributed by atoms with van der Waals surface area (Å²) in [7, 11) is 0. The molecule has 336 valence electrons. The van der Waals surface area contributed by atoms with Crippen LogP contribution in [0.2, 0.25) is 5.02 Å². The number of halogens is 2. The van der Waals surface area contributed by atoms with Crippen molar-refractivity contribution in [2.75, 3.05) is 88.3 Å². The molecular weight excluding hydrogens is 886 g/mol. The Morgan fingerprint density at radius 1 is 0.656 bits per heavy atom. The van der Waals surface area contributed by atoms with E-state index in [0.29, 0.717) is 18.8 Å². The van der Waals surface area contributed by atoms with Gasteiger partial charge in [-0.3, -0.25) is 19.8 Å². The van der Waals surface area contributed by atoms with Gasteiger partial charge in [-0.2, -0.15) is 0 Å². The van der Waals surface area contributed by atoms with Crippen LogP contribution >= 0.6 is 27.5 Å². The lowest BCUT2D eigenvalue weighted by molar-refractivity contribution is -0.134. The van der Waals surface area contributed by atoms with E-state index < -0.39 is 0 Å². The highest BCUT2D eigenvalue weighted by molar-refractivity contribution is 9.10. The van der Waals surface area contributed by atoms with Crippen LogP contribution in [0.5, 0.6) is 0 Å². The quantitative estimate of drug-likeness (QED) is 0.126. The smallest absolute Gasteiger partial charge is 0.234 e. The van der Waals surface area contributed by atoms with Crippen LogP contribution in [-0.4, -0.2) is 120 Å². The van der Waals surface area contributed by atoms with Gasteiger partial charge in [0, 0.05) is 87.8 Å². The highest BCUT2D eigenvalue weighted by Gasteiger charge is 2.30. The van der Waals surface area contributed by atoms with Gasteiger partial charge < -0.3 is 24.6 Å². The zero-order valence-corrected chi connectivity index (χ0v) is 39.2. The third-order valence-corrected chi connectivity index (χ3v) is 15.8. The van der Waals surface area contributed by atoms with Crippen molar-refractivity contribution in [1.82, 2.24) is 35.0 Å². The van der Waals surface area contributed by atoms with E-state index in [-0.39, 0.29) is 17.7 Å². The van der Waals surface area contributed by atoms with E-state index in [4.69, 9.17) is 21.6 Å². The minimum absolute atomic E-state index is 0.160. The van der Waals surface area contributed by atoms with E-state index in [1.54, 1.807) is 0 Å². The number of benzene rings is 3. The normalized spacial score (nSPS) is 21.8. The minimum Gasteiger partial charge on any atom is -0.372 e. The van der Waals surface area contributed by atoms with Crippen LogP contribution in [0.3, 0.4) is 0 Å². The molecule has 5 saturated heterocycles. The number of amides is 2. The van der Waals surface area contributed by atoms with Gasteiger partial charge in [0.1, 0.15) is 11.3 Å². The van der Waals surface area contributed by atoms with Crippen molar-refractivity contribution in [3.05, 3.63) is 105 Å². The van der Waals surface area contributed by atoms with Crippen LogP contribution in [0.25, 0.3) is 22.6 Å². The maximum Gasteiger partial charge on any atom is 0.234 e. The second-order valence-corrected chi connectivity index (χ2v) is 20.4. The van der Waals surface area contributed by atoms with Crippen LogP contribution in [0, 0.1) is 11.8 Å². The molecule has 5 fully saturated rings. The first-order valence-electron chi connectivity index (χ1n) is 23.8. The van der Waals surface area contributed by atoms with Crippen molar-refractivity contribution in [3.8, 4) is 11.4 Å². The van der Waals surface area contributed by atoms with Gasteiger partial charge in [0.15, 0.2) is 5.65 Å². The Bertz CT molecular complexity index is 2380. The van der Waals surface area contributed by atoms with Gasteiger partial charge in [0.2, 0.25) is 11.8 Å². The fraction of sp³-hybridized carbons (Fsp3) is 0.490. The fourth-order valence-corrected chi connectivity index (χ4v) is 11.8. The second kappa shape index (κ2) is 19.6. The summed E-state index contributed by atoms with van der Waals surface area (Å²) < 4.78 is 0.993. The van der Waals surface area contributed by atoms with Gasteiger partial charge in [-0.25, -0.2) is 9.97 Å². The van der Waals surface area contributed by atoms with E-state index >= 15 is 0 Å². The lowest BCUT2D eigenvalue weighted by Crippen LogP contribution is -2.46. The average molecular weight is 947 g/mol. The fourth-order valence-electron chi connectivity index (χ4n) is 11.1. The number of carbonyl (C=O) groups is 2. The number of hydrogen-bond donors (Lipinski definition) is 2. The number of aromatic nitrogens is 3.